The number of amides is 1. The van der Waals surface area contributed by atoms with E-state index in [1.165, 1.54) is 0 Å². The number of rotatable bonds is 7. The number of hydrogen-bond acceptors (Lipinski definition) is 7. The summed E-state index contributed by atoms with van der Waals surface area (Å²) in [4.78, 5) is 26.9. The Kier molecular flexibility index (Phi) is 5.67. The smallest absolute Gasteiger partial charge is 0.286 e. The van der Waals surface area contributed by atoms with Gasteiger partial charge in [0.25, 0.3) is 5.89 Å². The second kappa shape index (κ2) is 7.98. The van der Waals surface area contributed by atoms with Crippen LogP contribution < -0.4 is 5.32 Å². The van der Waals surface area contributed by atoms with E-state index in [-0.39, 0.29) is 36.6 Å². The highest BCUT2D eigenvalue weighted by Gasteiger charge is 2.37. The van der Waals surface area contributed by atoms with E-state index in [0.717, 1.165) is 12.0 Å². The van der Waals surface area contributed by atoms with Gasteiger partial charge in [0.2, 0.25) is 17.6 Å². The average Bonchev–Trinajstić information content (AvgIpc) is 3.36. The molecule has 1 unspecified atom stereocenters. The summed E-state index contributed by atoms with van der Waals surface area (Å²) < 4.78 is 5.55. The Balaban J connectivity index is 1.69. The van der Waals surface area contributed by atoms with Crippen molar-refractivity contribution in [3.05, 3.63) is 36.2 Å². The minimum absolute atomic E-state index is 0.0520. The summed E-state index contributed by atoms with van der Waals surface area (Å²) in [5, 5.41) is 20.1. The summed E-state index contributed by atoms with van der Waals surface area (Å²) in [6.45, 7) is 4.08. The maximum Gasteiger partial charge on any atom is 0.286 e. The fraction of sp³-hybridized carbons (Fsp3) is 0.474. The molecule has 8 nitrogen and oxygen atoms in total. The Morgan fingerprint density at radius 3 is 2.74 bits per heavy atom. The highest BCUT2D eigenvalue weighted by Crippen LogP contribution is 2.23. The number of carbonyl (C=O) groups is 2. The van der Waals surface area contributed by atoms with Crippen molar-refractivity contribution in [3.8, 4) is 11.5 Å². The Morgan fingerprint density at radius 1 is 1.30 bits per heavy atom. The van der Waals surface area contributed by atoms with E-state index in [1.807, 2.05) is 30.3 Å². The molecule has 3 rings (SSSR count). The van der Waals surface area contributed by atoms with Gasteiger partial charge in [0.05, 0.1) is 13.2 Å². The van der Waals surface area contributed by atoms with Crippen LogP contribution in [0.2, 0.25) is 0 Å². The van der Waals surface area contributed by atoms with Crippen molar-refractivity contribution in [3.63, 3.8) is 0 Å². The predicted octanol–water partition coefficient (Wildman–Crippen LogP) is 1.27. The molecule has 0 saturated carbocycles. The molecule has 0 bridgehead atoms. The van der Waals surface area contributed by atoms with Crippen LogP contribution in [0.5, 0.6) is 0 Å². The van der Waals surface area contributed by atoms with Gasteiger partial charge >= 0.3 is 0 Å². The third kappa shape index (κ3) is 4.40. The lowest BCUT2D eigenvalue weighted by molar-refractivity contribution is -0.130. The van der Waals surface area contributed by atoms with Crippen LogP contribution in [0.4, 0.5) is 0 Å². The fourth-order valence-corrected chi connectivity index (χ4v) is 2.97. The van der Waals surface area contributed by atoms with Crippen LogP contribution in [0.15, 0.2) is 34.7 Å². The standard InChI is InChI=1S/C19H24N4O4/c1-19(2,12-24)20-11-15(25)23-10-6-9-14(23)16(26)18-22-21-17(27-18)13-7-4-3-5-8-13/h3-5,7-8,14,20,24H,6,9-12H2,1-2H3. The maximum absolute atomic E-state index is 12.8. The van der Waals surface area contributed by atoms with Gasteiger partial charge in [0.15, 0.2) is 0 Å². The summed E-state index contributed by atoms with van der Waals surface area (Å²) in [7, 11) is 0. The lowest BCUT2D eigenvalue weighted by atomic mass is 10.1. The van der Waals surface area contributed by atoms with E-state index in [9.17, 15) is 14.7 Å². The molecule has 2 aromatic rings. The van der Waals surface area contributed by atoms with Crippen molar-refractivity contribution in [2.75, 3.05) is 19.7 Å². The van der Waals surface area contributed by atoms with Gasteiger partial charge in [-0.15, -0.1) is 10.2 Å². The summed E-state index contributed by atoms with van der Waals surface area (Å²) in [6.07, 6.45) is 1.31. The molecule has 1 aliphatic heterocycles. The van der Waals surface area contributed by atoms with E-state index in [0.29, 0.717) is 13.0 Å². The highest BCUT2D eigenvalue weighted by atomic mass is 16.4. The normalized spacial score (nSPS) is 17.3. The highest BCUT2D eigenvalue weighted by molar-refractivity contribution is 5.99. The number of aromatic nitrogens is 2. The number of likely N-dealkylation sites (tertiary alicyclic amines) is 1. The molecule has 1 amide bonds. The van der Waals surface area contributed by atoms with Crippen LogP contribution in [-0.2, 0) is 4.79 Å². The van der Waals surface area contributed by atoms with Crippen molar-refractivity contribution in [1.82, 2.24) is 20.4 Å². The maximum atomic E-state index is 12.8. The van der Waals surface area contributed by atoms with Crippen molar-refractivity contribution < 1.29 is 19.1 Å². The minimum Gasteiger partial charge on any atom is -0.414 e. The average molecular weight is 372 g/mol. The number of ketones is 1. The molecular formula is C19H24N4O4. The number of benzene rings is 1. The molecule has 1 aliphatic rings. The van der Waals surface area contributed by atoms with E-state index >= 15 is 0 Å². The number of hydrogen-bond donors (Lipinski definition) is 2. The van der Waals surface area contributed by atoms with Crippen LogP contribution >= 0.6 is 0 Å². The zero-order chi connectivity index (χ0) is 19.4. The SMILES string of the molecule is CC(C)(CO)NCC(=O)N1CCCC1C(=O)c1nnc(-c2ccccc2)o1. The van der Waals surface area contributed by atoms with Crippen molar-refractivity contribution in [2.24, 2.45) is 0 Å². The number of carbonyl (C=O) groups excluding carboxylic acids is 2. The summed E-state index contributed by atoms with van der Waals surface area (Å²) in [5.74, 6) is -0.324. The topological polar surface area (TPSA) is 109 Å². The van der Waals surface area contributed by atoms with E-state index in [4.69, 9.17) is 4.42 Å². The largest absolute Gasteiger partial charge is 0.414 e. The Bertz CT molecular complexity index is 803. The first kappa shape index (κ1) is 19.2. The van der Waals surface area contributed by atoms with Gasteiger partial charge in [-0.2, -0.15) is 0 Å². The number of nitrogens with one attached hydrogen (secondary N) is 1. The summed E-state index contributed by atoms with van der Waals surface area (Å²) in [5.41, 5.74) is 0.172. The van der Waals surface area contributed by atoms with Gasteiger partial charge in [0, 0.05) is 17.6 Å². The number of aliphatic hydroxyl groups excluding tert-OH is 1. The van der Waals surface area contributed by atoms with Gasteiger partial charge in [-0.05, 0) is 38.8 Å². The first-order valence-corrected chi connectivity index (χ1v) is 9.00. The van der Waals surface area contributed by atoms with Crippen LogP contribution in [0.25, 0.3) is 11.5 Å². The number of nitrogens with zero attached hydrogens (tertiary/aromatic N) is 3. The molecule has 8 heteroatoms. The summed E-state index contributed by atoms with van der Waals surface area (Å²) >= 11 is 0. The molecule has 0 radical (unpaired) electrons. The van der Waals surface area contributed by atoms with Crippen LogP contribution in [-0.4, -0.2) is 63.2 Å². The first-order chi connectivity index (χ1) is 12.9. The zero-order valence-electron chi connectivity index (χ0n) is 15.5. The second-order valence-electron chi connectivity index (χ2n) is 7.28. The zero-order valence-corrected chi connectivity index (χ0v) is 15.5. The predicted molar refractivity (Wildman–Crippen MR) is 98.0 cm³/mol. The molecule has 1 atom stereocenters. The molecule has 1 aromatic heterocycles. The molecule has 1 fully saturated rings. The molecule has 2 heterocycles. The number of aliphatic hydroxyl groups is 1. The Morgan fingerprint density at radius 2 is 2.04 bits per heavy atom. The molecule has 2 N–H and O–H groups in total. The van der Waals surface area contributed by atoms with Crippen molar-refractivity contribution >= 4 is 11.7 Å². The Labute approximate surface area is 157 Å². The first-order valence-electron chi connectivity index (χ1n) is 9.00. The fourth-order valence-electron chi connectivity index (χ4n) is 2.97. The van der Waals surface area contributed by atoms with Gasteiger partial charge in [-0.1, -0.05) is 18.2 Å². The van der Waals surface area contributed by atoms with E-state index in [2.05, 4.69) is 15.5 Å². The lowest BCUT2D eigenvalue weighted by Crippen LogP contribution is -2.50. The van der Waals surface area contributed by atoms with Crippen molar-refractivity contribution in [1.29, 1.82) is 0 Å². The molecule has 27 heavy (non-hydrogen) atoms. The van der Waals surface area contributed by atoms with Gasteiger partial charge < -0.3 is 19.7 Å². The molecule has 0 aliphatic carbocycles. The van der Waals surface area contributed by atoms with Crippen LogP contribution in [0.3, 0.4) is 0 Å². The molecule has 1 aromatic carbocycles. The Hall–Kier alpha value is -2.58. The van der Waals surface area contributed by atoms with Crippen LogP contribution in [0, 0.1) is 0 Å². The second-order valence-corrected chi connectivity index (χ2v) is 7.28. The van der Waals surface area contributed by atoms with Gasteiger partial charge in [0.1, 0.15) is 6.04 Å². The van der Waals surface area contributed by atoms with Gasteiger partial charge in [-0.3, -0.25) is 9.59 Å². The molecule has 144 valence electrons. The lowest BCUT2D eigenvalue weighted by Gasteiger charge is -2.27. The minimum atomic E-state index is -0.597. The van der Waals surface area contributed by atoms with Gasteiger partial charge in [-0.25, -0.2) is 0 Å². The van der Waals surface area contributed by atoms with E-state index < -0.39 is 11.6 Å². The van der Waals surface area contributed by atoms with Crippen LogP contribution in [0.1, 0.15) is 37.4 Å². The summed E-state index contributed by atoms with van der Waals surface area (Å²) in [6, 6.07) is 8.61. The quantitative estimate of drug-likeness (QED) is 0.705. The van der Waals surface area contributed by atoms with E-state index in [1.54, 1.807) is 18.7 Å². The monoisotopic (exact) mass is 372 g/mol. The van der Waals surface area contributed by atoms with Crippen molar-refractivity contribution in [2.45, 2.75) is 38.3 Å². The third-order valence-electron chi connectivity index (χ3n) is 4.65. The molecular weight excluding hydrogens is 348 g/mol. The molecule has 0 spiro atoms. The third-order valence-corrected chi connectivity index (χ3v) is 4.65. The number of Topliss-reactive ketones (excluding diaryl/α,β-unsaturated/α-hetero) is 1. The molecule has 1 saturated heterocycles.